The van der Waals surface area contributed by atoms with Crippen molar-refractivity contribution in [1.29, 1.82) is 0 Å². The van der Waals surface area contributed by atoms with Crippen molar-refractivity contribution in [2.45, 2.75) is 26.7 Å². The molecule has 2 N–H and O–H groups in total. The molecule has 0 unspecified atom stereocenters. The summed E-state index contributed by atoms with van der Waals surface area (Å²) in [4.78, 5) is 7.49. The zero-order chi connectivity index (χ0) is 14.0. The molecule has 0 saturated carbocycles. The van der Waals surface area contributed by atoms with E-state index in [1.165, 1.54) is 0 Å². The Kier molecular flexibility index (Phi) is 3.72. The lowest BCUT2D eigenvalue weighted by Crippen LogP contribution is -1.95. The largest absolute Gasteiger partial charge is 0.324 e. The first-order valence-corrected chi connectivity index (χ1v) is 6.26. The highest BCUT2D eigenvalue weighted by Crippen LogP contribution is 2.30. The molecule has 0 saturated heterocycles. The van der Waals surface area contributed by atoms with Crippen molar-refractivity contribution < 1.29 is 0 Å². The monoisotopic (exact) mass is 275 g/mol. The number of nitrogens with one attached hydrogen (secondary N) is 2. The Morgan fingerprint density at radius 1 is 1.37 bits per heavy atom. The quantitative estimate of drug-likeness (QED) is 0.652. The molecule has 19 heavy (non-hydrogen) atoms. The van der Waals surface area contributed by atoms with Crippen LogP contribution in [0.3, 0.4) is 0 Å². The number of pyridine rings is 1. The van der Waals surface area contributed by atoms with Crippen molar-refractivity contribution >= 4 is 28.9 Å². The number of hydrogen-bond donors (Lipinski definition) is 2. The molecule has 5 nitrogen and oxygen atoms in total. The summed E-state index contributed by atoms with van der Waals surface area (Å²) in [6.07, 6.45) is 0. The third-order valence-corrected chi connectivity index (χ3v) is 2.99. The minimum Gasteiger partial charge on any atom is -0.324 e. The van der Waals surface area contributed by atoms with E-state index in [4.69, 9.17) is 18.2 Å². The van der Waals surface area contributed by atoms with E-state index >= 15 is 0 Å². The third-order valence-electron chi connectivity index (χ3n) is 2.73. The molecule has 0 aliphatic rings. The molecule has 0 aliphatic carbocycles. The zero-order valence-corrected chi connectivity index (χ0v) is 11.7. The van der Waals surface area contributed by atoms with Gasteiger partial charge in [0.2, 0.25) is 5.69 Å². The van der Waals surface area contributed by atoms with Crippen molar-refractivity contribution in [2.24, 2.45) is 0 Å². The minimum atomic E-state index is 0.206. The molecule has 2 rings (SSSR count). The maximum atomic E-state index is 7.03. The summed E-state index contributed by atoms with van der Waals surface area (Å²) in [5, 5.41) is 10.4. The first kappa shape index (κ1) is 13.4. The van der Waals surface area contributed by atoms with E-state index in [1.54, 1.807) is 6.07 Å². The van der Waals surface area contributed by atoms with Crippen LogP contribution in [-0.4, -0.2) is 15.2 Å². The van der Waals surface area contributed by atoms with Gasteiger partial charge in [0.25, 0.3) is 0 Å². The van der Waals surface area contributed by atoms with E-state index in [-0.39, 0.29) is 5.15 Å². The number of aryl methyl sites for hydroxylation is 1. The van der Waals surface area contributed by atoms with Gasteiger partial charge >= 0.3 is 0 Å². The zero-order valence-electron chi connectivity index (χ0n) is 11.0. The number of anilines is 2. The first-order chi connectivity index (χ1) is 9.01. The van der Waals surface area contributed by atoms with Gasteiger partial charge < -0.3 is 5.32 Å². The fourth-order valence-corrected chi connectivity index (χ4v) is 1.94. The van der Waals surface area contributed by atoms with E-state index in [1.807, 2.05) is 13.0 Å². The van der Waals surface area contributed by atoms with Gasteiger partial charge in [0, 0.05) is 11.8 Å². The molecule has 2 heterocycles. The van der Waals surface area contributed by atoms with Crippen molar-refractivity contribution in [2.75, 3.05) is 5.32 Å². The molecule has 0 bridgehead atoms. The predicted molar refractivity (Wildman–Crippen MR) is 76.2 cm³/mol. The van der Waals surface area contributed by atoms with Crippen LogP contribution in [0.4, 0.5) is 17.3 Å². The smallest absolute Gasteiger partial charge is 0.226 e. The summed E-state index contributed by atoms with van der Waals surface area (Å²) in [5.41, 5.74) is 2.22. The molecular formula is C13H14ClN5. The van der Waals surface area contributed by atoms with Gasteiger partial charge in [-0.2, -0.15) is 5.10 Å². The Morgan fingerprint density at radius 2 is 2.11 bits per heavy atom. The van der Waals surface area contributed by atoms with E-state index in [0.717, 1.165) is 11.3 Å². The molecule has 0 aromatic carbocycles. The van der Waals surface area contributed by atoms with E-state index < -0.39 is 0 Å². The van der Waals surface area contributed by atoms with Gasteiger partial charge in [0.05, 0.1) is 6.57 Å². The lowest BCUT2D eigenvalue weighted by Gasteiger charge is -2.06. The topological polar surface area (TPSA) is 58.0 Å². The maximum absolute atomic E-state index is 7.03. The predicted octanol–water partition coefficient (Wildman–Crippen LogP) is 4.18. The van der Waals surface area contributed by atoms with Gasteiger partial charge in [-0.25, -0.2) is 9.83 Å². The molecule has 0 atom stereocenters. The molecule has 0 fully saturated rings. The second kappa shape index (κ2) is 5.29. The van der Waals surface area contributed by atoms with Crippen molar-refractivity contribution in [3.05, 3.63) is 40.0 Å². The van der Waals surface area contributed by atoms with Crippen molar-refractivity contribution in [1.82, 2.24) is 15.2 Å². The summed E-state index contributed by atoms with van der Waals surface area (Å²) in [7, 11) is 0. The molecule has 98 valence electrons. The average Bonchev–Trinajstić information content (AvgIpc) is 2.77. The van der Waals surface area contributed by atoms with Gasteiger partial charge in [0.1, 0.15) is 11.0 Å². The summed E-state index contributed by atoms with van der Waals surface area (Å²) >= 11 is 5.96. The van der Waals surface area contributed by atoms with Crippen LogP contribution in [0, 0.1) is 13.5 Å². The molecule has 0 spiro atoms. The van der Waals surface area contributed by atoms with E-state index in [9.17, 15) is 0 Å². The Bertz CT molecular complexity index is 616. The van der Waals surface area contributed by atoms with Gasteiger partial charge in [-0.15, -0.1) is 0 Å². The first-order valence-electron chi connectivity index (χ1n) is 5.88. The van der Waals surface area contributed by atoms with Crippen LogP contribution in [-0.2, 0) is 0 Å². The Labute approximate surface area is 116 Å². The normalized spacial score (nSPS) is 10.5. The molecule has 0 aliphatic heterocycles. The van der Waals surface area contributed by atoms with Gasteiger partial charge in [-0.1, -0.05) is 25.4 Å². The number of rotatable bonds is 3. The number of H-pyrrole nitrogens is 1. The fourth-order valence-electron chi connectivity index (χ4n) is 1.65. The SMILES string of the molecule is [C-]#[N+]c1c(C)cc(Nc2cc(C(C)C)[nH]n2)nc1Cl. The third kappa shape index (κ3) is 2.85. The number of hydrogen-bond acceptors (Lipinski definition) is 3. The number of aromatic amines is 1. The van der Waals surface area contributed by atoms with Crippen molar-refractivity contribution in [3.63, 3.8) is 0 Å². The summed E-state index contributed by atoms with van der Waals surface area (Å²) in [5.74, 6) is 1.64. The Balaban J connectivity index is 2.26. The minimum absolute atomic E-state index is 0.206. The van der Waals surface area contributed by atoms with Crippen LogP contribution in [0.15, 0.2) is 12.1 Å². The summed E-state index contributed by atoms with van der Waals surface area (Å²) in [6.45, 7) is 13.0. The highest BCUT2D eigenvalue weighted by atomic mass is 35.5. The van der Waals surface area contributed by atoms with Crippen LogP contribution in [0.5, 0.6) is 0 Å². The van der Waals surface area contributed by atoms with E-state index in [0.29, 0.717) is 23.2 Å². The molecule has 6 heteroatoms. The summed E-state index contributed by atoms with van der Waals surface area (Å²) < 4.78 is 0. The Hall–Kier alpha value is -2.06. The second-order valence-electron chi connectivity index (χ2n) is 4.56. The highest BCUT2D eigenvalue weighted by Gasteiger charge is 2.10. The number of nitrogens with zero attached hydrogens (tertiary/aromatic N) is 3. The van der Waals surface area contributed by atoms with Gasteiger partial charge in [-0.3, -0.25) is 5.10 Å². The lowest BCUT2D eigenvalue weighted by atomic mass is 10.1. The highest BCUT2D eigenvalue weighted by molar-refractivity contribution is 6.32. The van der Waals surface area contributed by atoms with Gasteiger partial charge in [-0.05, 0) is 24.5 Å². The summed E-state index contributed by atoms with van der Waals surface area (Å²) in [6, 6.07) is 3.71. The van der Waals surface area contributed by atoms with E-state index in [2.05, 4.69) is 39.2 Å². The van der Waals surface area contributed by atoms with Crippen molar-refractivity contribution in [3.8, 4) is 0 Å². The number of halogens is 1. The lowest BCUT2D eigenvalue weighted by molar-refractivity contribution is 0.811. The van der Waals surface area contributed by atoms with Crippen LogP contribution in [0.1, 0.15) is 31.0 Å². The second-order valence-corrected chi connectivity index (χ2v) is 4.92. The molecular weight excluding hydrogens is 262 g/mol. The van der Waals surface area contributed by atoms with Crippen LogP contribution in [0.25, 0.3) is 4.85 Å². The van der Waals surface area contributed by atoms with Gasteiger partial charge in [0.15, 0.2) is 5.82 Å². The average molecular weight is 276 g/mol. The molecule has 0 amide bonds. The standard InChI is InChI=1S/C13H14ClN5/c1-7(2)9-6-11(19-18-9)16-10-5-8(3)12(15-4)13(14)17-10/h5-7H,1-3H3,(H2,16,17,18,19). The molecule has 0 radical (unpaired) electrons. The maximum Gasteiger partial charge on any atom is 0.226 e. The Morgan fingerprint density at radius 3 is 2.63 bits per heavy atom. The molecule has 2 aromatic rings. The number of aromatic nitrogens is 3. The van der Waals surface area contributed by atoms with Crippen LogP contribution >= 0.6 is 11.6 Å². The van der Waals surface area contributed by atoms with Crippen LogP contribution in [0.2, 0.25) is 5.15 Å². The molecule has 2 aromatic heterocycles. The van der Waals surface area contributed by atoms with Crippen LogP contribution < -0.4 is 5.32 Å². The fraction of sp³-hybridized carbons (Fsp3) is 0.308.